The number of nitrogens with zero attached hydrogens (tertiary/aromatic N) is 3. The maximum absolute atomic E-state index is 14.6. The van der Waals surface area contributed by atoms with Gasteiger partial charge in [-0.15, -0.1) is 0 Å². The van der Waals surface area contributed by atoms with Crippen molar-refractivity contribution in [2.24, 2.45) is 5.41 Å². The van der Waals surface area contributed by atoms with E-state index in [1.165, 1.54) is 12.1 Å². The molecule has 3 heterocycles. The highest BCUT2D eigenvalue weighted by Gasteiger charge is 2.49. The molecule has 2 saturated heterocycles. The molecule has 0 saturated carbocycles. The van der Waals surface area contributed by atoms with Crippen LogP contribution in [0.4, 0.5) is 24.5 Å². The minimum atomic E-state index is -2.86. The fourth-order valence-electron chi connectivity index (χ4n) is 4.26. The average Bonchev–Trinajstić information content (AvgIpc) is 2.66. The van der Waals surface area contributed by atoms with Gasteiger partial charge in [0.15, 0.2) is 0 Å². The first-order valence-electron chi connectivity index (χ1n) is 9.87. The number of ether oxygens (including phenoxy) is 1. The third kappa shape index (κ3) is 3.15. The second kappa shape index (κ2) is 7.12. The largest absolute Gasteiger partial charge is 0.380 e. The molecule has 0 bridgehead atoms. The first-order chi connectivity index (χ1) is 14.5. The Labute approximate surface area is 171 Å². The summed E-state index contributed by atoms with van der Waals surface area (Å²) in [7, 11) is 0. The van der Waals surface area contributed by atoms with Crippen LogP contribution >= 0.6 is 0 Å². The lowest BCUT2D eigenvalue weighted by Gasteiger charge is -2.56. The second-order valence-corrected chi connectivity index (χ2v) is 8.23. The minimum absolute atomic E-state index is 0.184. The number of fused-ring (bicyclic) bond motifs is 1. The molecule has 8 heteroatoms. The minimum Gasteiger partial charge on any atom is -0.380 e. The number of hydrogen-bond acceptors (Lipinski definition) is 5. The Balaban J connectivity index is 1.43. The number of alkyl halides is 2. The number of anilines is 2. The number of hydrogen-bond donors (Lipinski definition) is 1. The fraction of sp³-hybridized carbons (Fsp3) is 0.364. The topological polar surface area (TPSA) is 50.3 Å². The van der Waals surface area contributed by atoms with E-state index in [1.807, 2.05) is 18.2 Å². The first kappa shape index (κ1) is 19.1. The van der Waals surface area contributed by atoms with E-state index >= 15 is 0 Å². The van der Waals surface area contributed by atoms with Crippen LogP contribution in [-0.2, 0) is 4.74 Å². The van der Waals surface area contributed by atoms with Gasteiger partial charge in [-0.05, 0) is 25.1 Å². The molecule has 2 aliphatic heterocycles. The van der Waals surface area contributed by atoms with Crippen molar-refractivity contribution in [1.29, 1.82) is 0 Å². The van der Waals surface area contributed by atoms with Gasteiger partial charge in [0.2, 0.25) is 0 Å². The summed E-state index contributed by atoms with van der Waals surface area (Å²) in [6, 6.07) is 9.51. The predicted molar refractivity (Wildman–Crippen MR) is 108 cm³/mol. The predicted octanol–water partition coefficient (Wildman–Crippen LogP) is 4.72. The van der Waals surface area contributed by atoms with Crippen LogP contribution in [0.25, 0.3) is 10.9 Å². The lowest BCUT2D eigenvalue weighted by Crippen LogP contribution is -2.66. The van der Waals surface area contributed by atoms with Crippen molar-refractivity contribution in [3.05, 3.63) is 59.5 Å². The van der Waals surface area contributed by atoms with Gasteiger partial charge in [-0.1, -0.05) is 18.2 Å². The van der Waals surface area contributed by atoms with E-state index in [0.717, 1.165) is 43.4 Å². The van der Waals surface area contributed by atoms with Crippen LogP contribution in [0.1, 0.15) is 30.5 Å². The van der Waals surface area contributed by atoms with Gasteiger partial charge in [-0.25, -0.2) is 13.2 Å². The highest BCUT2D eigenvalue weighted by molar-refractivity contribution is 5.93. The third-order valence-corrected chi connectivity index (χ3v) is 5.99. The standard InChI is InChI=1S/C22H21F3N4O/c1-13(15-3-2-4-16(20(15)23)21(24)25)27-19-8-26-28-18-6-5-14(7-17(18)19)29-9-22(10-29)11-30-12-22/h2-8,13,21H,9-12H2,1H3,(H,27,28)/t13-/m1/s1. The highest BCUT2D eigenvalue weighted by atomic mass is 19.3. The van der Waals surface area contributed by atoms with Crippen LogP contribution in [0.2, 0.25) is 0 Å². The summed E-state index contributed by atoms with van der Waals surface area (Å²) in [4.78, 5) is 2.29. The molecule has 1 N–H and O–H groups in total. The summed E-state index contributed by atoms with van der Waals surface area (Å²) in [5, 5.41) is 12.3. The molecule has 2 aliphatic rings. The van der Waals surface area contributed by atoms with Gasteiger partial charge in [0.1, 0.15) is 5.82 Å². The number of nitrogens with one attached hydrogen (secondary N) is 1. The Bertz CT molecular complexity index is 1090. The Morgan fingerprint density at radius 1 is 1.13 bits per heavy atom. The molecule has 1 atom stereocenters. The smallest absolute Gasteiger partial charge is 0.266 e. The molecule has 0 aliphatic carbocycles. The van der Waals surface area contributed by atoms with Crippen molar-refractivity contribution >= 4 is 22.3 Å². The van der Waals surface area contributed by atoms with Crippen molar-refractivity contribution in [1.82, 2.24) is 10.2 Å². The van der Waals surface area contributed by atoms with Crippen LogP contribution < -0.4 is 10.2 Å². The molecular weight excluding hydrogens is 393 g/mol. The molecule has 5 rings (SSSR count). The summed E-state index contributed by atoms with van der Waals surface area (Å²) in [5.74, 6) is -0.881. The van der Waals surface area contributed by atoms with Crippen LogP contribution in [0.3, 0.4) is 0 Å². The SMILES string of the molecule is C[C@@H](Nc1cnnc2ccc(N3CC4(COC4)C3)cc12)c1cccc(C(F)F)c1F. The monoisotopic (exact) mass is 414 g/mol. The van der Waals surface area contributed by atoms with E-state index in [9.17, 15) is 13.2 Å². The van der Waals surface area contributed by atoms with Gasteiger partial charge < -0.3 is 15.0 Å². The van der Waals surface area contributed by atoms with Crippen LogP contribution in [0, 0.1) is 11.2 Å². The van der Waals surface area contributed by atoms with E-state index in [1.54, 1.807) is 13.1 Å². The molecule has 0 radical (unpaired) electrons. The zero-order valence-corrected chi connectivity index (χ0v) is 16.4. The zero-order valence-electron chi connectivity index (χ0n) is 16.4. The van der Waals surface area contributed by atoms with Gasteiger partial charge in [-0.3, -0.25) is 0 Å². The highest BCUT2D eigenvalue weighted by Crippen LogP contribution is 2.41. The van der Waals surface area contributed by atoms with Gasteiger partial charge in [0.25, 0.3) is 6.43 Å². The van der Waals surface area contributed by atoms with E-state index < -0.39 is 23.8 Å². The van der Waals surface area contributed by atoms with E-state index in [0.29, 0.717) is 16.6 Å². The lowest BCUT2D eigenvalue weighted by atomic mass is 9.78. The molecule has 1 spiro atoms. The van der Waals surface area contributed by atoms with Crippen molar-refractivity contribution in [2.75, 3.05) is 36.5 Å². The Morgan fingerprint density at radius 3 is 2.60 bits per heavy atom. The molecule has 0 unspecified atom stereocenters. The van der Waals surface area contributed by atoms with Crippen molar-refractivity contribution in [2.45, 2.75) is 19.4 Å². The molecule has 0 amide bonds. The molecule has 3 aromatic rings. The fourth-order valence-corrected chi connectivity index (χ4v) is 4.26. The molecule has 1 aromatic heterocycles. The van der Waals surface area contributed by atoms with Crippen molar-refractivity contribution in [3.8, 4) is 0 Å². The quantitative estimate of drug-likeness (QED) is 0.655. The number of halogens is 3. The summed E-state index contributed by atoms with van der Waals surface area (Å²) in [6.45, 7) is 5.29. The van der Waals surface area contributed by atoms with Crippen LogP contribution in [-0.4, -0.2) is 36.5 Å². The molecule has 30 heavy (non-hydrogen) atoms. The maximum atomic E-state index is 14.6. The van der Waals surface area contributed by atoms with Gasteiger partial charge in [0, 0.05) is 29.7 Å². The average molecular weight is 414 g/mol. The summed E-state index contributed by atoms with van der Waals surface area (Å²) >= 11 is 0. The van der Waals surface area contributed by atoms with Crippen molar-refractivity contribution < 1.29 is 17.9 Å². The number of aromatic nitrogens is 2. The normalized spacial score (nSPS) is 18.4. The van der Waals surface area contributed by atoms with Gasteiger partial charge >= 0.3 is 0 Å². The summed E-state index contributed by atoms with van der Waals surface area (Å²) < 4.78 is 46.0. The van der Waals surface area contributed by atoms with Gasteiger partial charge in [-0.2, -0.15) is 10.2 Å². The number of rotatable bonds is 5. The molecule has 2 fully saturated rings. The lowest BCUT2D eigenvalue weighted by molar-refractivity contribution is -0.127. The van der Waals surface area contributed by atoms with Crippen LogP contribution in [0.5, 0.6) is 0 Å². The summed E-state index contributed by atoms with van der Waals surface area (Å²) in [5.41, 5.74) is 2.36. The number of benzene rings is 2. The maximum Gasteiger partial charge on any atom is 0.266 e. The van der Waals surface area contributed by atoms with E-state index in [-0.39, 0.29) is 5.56 Å². The Morgan fingerprint density at radius 2 is 1.90 bits per heavy atom. The molecular formula is C22H21F3N4O. The molecule has 2 aromatic carbocycles. The molecule has 156 valence electrons. The first-order valence-corrected chi connectivity index (χ1v) is 9.87. The Hall–Kier alpha value is -2.87. The zero-order chi connectivity index (χ0) is 20.9. The van der Waals surface area contributed by atoms with Gasteiger partial charge in [0.05, 0.1) is 47.6 Å². The van der Waals surface area contributed by atoms with Crippen molar-refractivity contribution in [3.63, 3.8) is 0 Å². The summed E-state index contributed by atoms with van der Waals surface area (Å²) in [6.07, 6.45) is -1.28. The van der Waals surface area contributed by atoms with E-state index in [2.05, 4.69) is 20.4 Å². The van der Waals surface area contributed by atoms with Crippen LogP contribution in [0.15, 0.2) is 42.6 Å². The third-order valence-electron chi connectivity index (χ3n) is 5.99. The Kier molecular flexibility index (Phi) is 4.54. The molecule has 5 nitrogen and oxygen atoms in total. The second-order valence-electron chi connectivity index (χ2n) is 8.23. The van der Waals surface area contributed by atoms with E-state index in [4.69, 9.17) is 4.74 Å².